The molecular weight excluding hydrogens is 236 g/mol. The second-order valence-corrected chi connectivity index (χ2v) is 5.64. The van der Waals surface area contributed by atoms with Crippen molar-refractivity contribution in [2.45, 2.75) is 33.1 Å². The number of rotatable bonds is 1. The van der Waals surface area contributed by atoms with Gasteiger partial charge in [-0.3, -0.25) is 0 Å². The molecule has 0 amide bonds. The van der Waals surface area contributed by atoms with Crippen molar-refractivity contribution in [3.63, 3.8) is 0 Å². The number of benzene rings is 1. The number of aromatic nitrogens is 2. The molecule has 0 bridgehead atoms. The van der Waals surface area contributed by atoms with Gasteiger partial charge in [-0.1, -0.05) is 32.9 Å². The Bertz CT molecular complexity index is 637. The lowest BCUT2D eigenvalue weighted by Crippen LogP contribution is -2.11. The summed E-state index contributed by atoms with van der Waals surface area (Å²) in [6, 6.07) is 8.11. The Labute approximate surface area is 113 Å². The van der Waals surface area contributed by atoms with Crippen LogP contribution in [0.4, 0.5) is 11.5 Å². The Kier molecular flexibility index (Phi) is 3.07. The summed E-state index contributed by atoms with van der Waals surface area (Å²) in [4.78, 5) is 3.41. The van der Waals surface area contributed by atoms with Gasteiger partial charge in [-0.05, 0) is 30.0 Å². The molecule has 1 aromatic carbocycles. The highest BCUT2D eigenvalue weighted by Gasteiger charge is 2.16. The molecule has 4 heteroatoms. The minimum Gasteiger partial charge on any atom is -0.392 e. The zero-order valence-electron chi connectivity index (χ0n) is 11.7. The van der Waals surface area contributed by atoms with E-state index in [1.165, 1.54) is 5.56 Å². The number of anilines is 1. The van der Waals surface area contributed by atoms with E-state index in [1.54, 1.807) is 11.6 Å². The standard InChI is InChI=1S/C15H18N4/c1-10-13(17-5)14(16)19(18-10)12-8-6-11(7-9-12)15(2,3)4/h6-9H,16H2,1-4H3. The number of nitrogens with zero attached hydrogens (tertiary/aromatic N) is 3. The van der Waals surface area contributed by atoms with Crippen LogP contribution in [0.25, 0.3) is 10.5 Å². The third kappa shape index (κ3) is 2.32. The first-order chi connectivity index (χ1) is 8.84. The van der Waals surface area contributed by atoms with E-state index in [-0.39, 0.29) is 5.41 Å². The lowest BCUT2D eigenvalue weighted by atomic mass is 9.87. The SMILES string of the molecule is [C-]#[N+]c1c(C)nn(-c2ccc(C(C)(C)C)cc2)c1N. The molecule has 2 aromatic rings. The summed E-state index contributed by atoms with van der Waals surface area (Å²) >= 11 is 0. The fraction of sp³-hybridized carbons (Fsp3) is 0.333. The second kappa shape index (κ2) is 4.43. The van der Waals surface area contributed by atoms with Gasteiger partial charge >= 0.3 is 0 Å². The van der Waals surface area contributed by atoms with Crippen molar-refractivity contribution in [1.29, 1.82) is 0 Å². The maximum Gasteiger partial charge on any atom is 0.250 e. The zero-order chi connectivity index (χ0) is 14.2. The third-order valence-corrected chi connectivity index (χ3v) is 3.15. The van der Waals surface area contributed by atoms with Crippen LogP contribution in [0.1, 0.15) is 32.0 Å². The molecule has 1 heterocycles. The first-order valence-electron chi connectivity index (χ1n) is 6.18. The Morgan fingerprint density at radius 3 is 2.21 bits per heavy atom. The third-order valence-electron chi connectivity index (χ3n) is 3.15. The van der Waals surface area contributed by atoms with E-state index < -0.39 is 0 Å². The zero-order valence-corrected chi connectivity index (χ0v) is 11.7. The Hall–Kier alpha value is -2.28. The monoisotopic (exact) mass is 254 g/mol. The van der Waals surface area contributed by atoms with Crippen LogP contribution in [0.2, 0.25) is 0 Å². The van der Waals surface area contributed by atoms with Crippen molar-refractivity contribution in [3.05, 3.63) is 46.9 Å². The molecule has 4 nitrogen and oxygen atoms in total. The van der Waals surface area contributed by atoms with Gasteiger partial charge in [0.05, 0.1) is 18.0 Å². The van der Waals surface area contributed by atoms with E-state index in [0.29, 0.717) is 17.2 Å². The average molecular weight is 254 g/mol. The van der Waals surface area contributed by atoms with Crippen molar-refractivity contribution in [3.8, 4) is 5.69 Å². The first-order valence-corrected chi connectivity index (χ1v) is 6.18. The van der Waals surface area contributed by atoms with Crippen LogP contribution in [0.5, 0.6) is 0 Å². The minimum absolute atomic E-state index is 0.117. The maximum atomic E-state index is 7.11. The van der Waals surface area contributed by atoms with Gasteiger partial charge in [0.25, 0.3) is 0 Å². The summed E-state index contributed by atoms with van der Waals surface area (Å²) in [6.45, 7) is 15.4. The van der Waals surface area contributed by atoms with Crippen LogP contribution >= 0.6 is 0 Å². The number of hydrogen-bond donors (Lipinski definition) is 1. The molecule has 0 atom stereocenters. The number of nitrogens with two attached hydrogens (primary N) is 1. The molecule has 2 N–H and O–H groups in total. The highest BCUT2D eigenvalue weighted by Crippen LogP contribution is 2.29. The molecule has 0 aliphatic rings. The van der Waals surface area contributed by atoms with Crippen molar-refractivity contribution < 1.29 is 0 Å². The molecule has 1 aromatic heterocycles. The fourth-order valence-corrected chi connectivity index (χ4v) is 1.97. The van der Waals surface area contributed by atoms with Crippen molar-refractivity contribution >= 4 is 11.5 Å². The quantitative estimate of drug-likeness (QED) is 0.790. The highest BCUT2D eigenvalue weighted by atomic mass is 15.3. The fourth-order valence-electron chi connectivity index (χ4n) is 1.97. The van der Waals surface area contributed by atoms with Crippen LogP contribution < -0.4 is 5.73 Å². The predicted molar refractivity (Wildman–Crippen MR) is 77.7 cm³/mol. The topological polar surface area (TPSA) is 48.2 Å². The molecule has 98 valence electrons. The van der Waals surface area contributed by atoms with Gasteiger partial charge in [0.2, 0.25) is 5.69 Å². The summed E-state index contributed by atoms with van der Waals surface area (Å²) in [6.07, 6.45) is 0. The van der Waals surface area contributed by atoms with Gasteiger partial charge in [0, 0.05) is 0 Å². The van der Waals surface area contributed by atoms with E-state index in [2.05, 4.69) is 42.8 Å². The Morgan fingerprint density at radius 2 is 1.79 bits per heavy atom. The van der Waals surface area contributed by atoms with E-state index in [0.717, 1.165) is 5.69 Å². The molecule has 19 heavy (non-hydrogen) atoms. The van der Waals surface area contributed by atoms with Crippen LogP contribution in [0.15, 0.2) is 24.3 Å². The van der Waals surface area contributed by atoms with Crippen molar-refractivity contribution in [2.24, 2.45) is 0 Å². The maximum absolute atomic E-state index is 7.11. The lowest BCUT2D eigenvalue weighted by molar-refractivity contribution is 0.590. The molecule has 0 aliphatic carbocycles. The molecule has 0 saturated heterocycles. The molecule has 0 aliphatic heterocycles. The van der Waals surface area contributed by atoms with Crippen molar-refractivity contribution in [1.82, 2.24) is 9.78 Å². The van der Waals surface area contributed by atoms with Gasteiger partial charge < -0.3 is 5.73 Å². The lowest BCUT2D eigenvalue weighted by Gasteiger charge is -2.19. The van der Waals surface area contributed by atoms with Gasteiger partial charge in [0.1, 0.15) is 5.82 Å². The van der Waals surface area contributed by atoms with Gasteiger partial charge in [-0.2, -0.15) is 5.10 Å². The molecule has 2 rings (SSSR count). The summed E-state index contributed by atoms with van der Waals surface area (Å²) < 4.78 is 1.62. The summed E-state index contributed by atoms with van der Waals surface area (Å²) in [5.74, 6) is 0.399. The van der Waals surface area contributed by atoms with Gasteiger partial charge in [-0.25, -0.2) is 9.53 Å². The highest BCUT2D eigenvalue weighted by molar-refractivity contribution is 5.68. The molecular formula is C15H18N4. The summed E-state index contributed by atoms with van der Waals surface area (Å²) in [7, 11) is 0. The molecule has 0 unspecified atom stereocenters. The van der Waals surface area contributed by atoms with E-state index in [9.17, 15) is 0 Å². The van der Waals surface area contributed by atoms with Gasteiger partial charge in [0.15, 0.2) is 0 Å². The number of aryl methyl sites for hydroxylation is 1. The Morgan fingerprint density at radius 1 is 1.21 bits per heavy atom. The predicted octanol–water partition coefficient (Wildman–Crippen LogP) is 3.61. The first kappa shape index (κ1) is 13.2. The molecule has 0 fully saturated rings. The normalized spacial score (nSPS) is 11.3. The van der Waals surface area contributed by atoms with Crippen LogP contribution in [0.3, 0.4) is 0 Å². The van der Waals surface area contributed by atoms with E-state index >= 15 is 0 Å². The Balaban J connectivity index is 2.47. The van der Waals surface area contributed by atoms with E-state index in [4.69, 9.17) is 12.3 Å². The largest absolute Gasteiger partial charge is 0.392 e. The number of nitrogen functional groups attached to an aromatic ring is 1. The molecule has 0 saturated carbocycles. The number of hydrogen-bond acceptors (Lipinski definition) is 2. The average Bonchev–Trinajstić information content (AvgIpc) is 2.63. The smallest absolute Gasteiger partial charge is 0.250 e. The van der Waals surface area contributed by atoms with Gasteiger partial charge in [-0.15, -0.1) is 0 Å². The molecule has 0 spiro atoms. The van der Waals surface area contributed by atoms with E-state index in [1.807, 2.05) is 12.1 Å². The molecule has 0 radical (unpaired) electrons. The summed E-state index contributed by atoms with van der Waals surface area (Å²) in [5.41, 5.74) is 9.30. The van der Waals surface area contributed by atoms with Crippen LogP contribution in [0, 0.1) is 13.5 Å². The van der Waals surface area contributed by atoms with Crippen LogP contribution in [-0.4, -0.2) is 9.78 Å². The van der Waals surface area contributed by atoms with Crippen LogP contribution in [-0.2, 0) is 5.41 Å². The second-order valence-electron chi connectivity index (χ2n) is 5.64. The summed E-state index contributed by atoms with van der Waals surface area (Å²) in [5, 5.41) is 4.32. The minimum atomic E-state index is 0.117. The van der Waals surface area contributed by atoms with Crippen molar-refractivity contribution in [2.75, 3.05) is 5.73 Å².